The number of hydrogen-bond donors (Lipinski definition) is 1. The lowest BCUT2D eigenvalue weighted by Crippen LogP contribution is -2.26. The zero-order valence-electron chi connectivity index (χ0n) is 10.5. The molecule has 0 saturated heterocycles. The van der Waals surface area contributed by atoms with E-state index in [1.54, 1.807) is 0 Å². The van der Waals surface area contributed by atoms with Gasteiger partial charge in [-0.2, -0.15) is 0 Å². The van der Waals surface area contributed by atoms with Gasteiger partial charge in [-0.25, -0.2) is 0 Å². The fraction of sp³-hybridized carbons (Fsp3) is 0.467. The predicted octanol–water partition coefficient (Wildman–Crippen LogP) is 3.19. The maximum atomic E-state index is 5.46. The number of benzene rings is 1. The molecule has 1 nitrogen and oxygen atoms in total. The van der Waals surface area contributed by atoms with Crippen molar-refractivity contribution in [3.05, 3.63) is 34.9 Å². The van der Waals surface area contributed by atoms with Crippen molar-refractivity contribution in [3.63, 3.8) is 0 Å². The molecule has 0 aromatic heterocycles. The molecular formula is C15H21N. The van der Waals surface area contributed by atoms with Crippen molar-refractivity contribution < 1.29 is 0 Å². The van der Waals surface area contributed by atoms with Crippen LogP contribution in [0.4, 0.5) is 0 Å². The monoisotopic (exact) mass is 215 g/mol. The molecule has 1 unspecified atom stereocenters. The Morgan fingerprint density at radius 3 is 2.62 bits per heavy atom. The van der Waals surface area contributed by atoms with Crippen LogP contribution in [0.3, 0.4) is 0 Å². The summed E-state index contributed by atoms with van der Waals surface area (Å²) in [5.74, 6) is 2.79. The molecule has 0 bridgehead atoms. The fourth-order valence-corrected chi connectivity index (χ4v) is 1.69. The highest BCUT2D eigenvalue weighted by molar-refractivity contribution is 5.29. The second kappa shape index (κ2) is 6.35. The fourth-order valence-electron chi connectivity index (χ4n) is 1.69. The van der Waals surface area contributed by atoms with E-state index in [0.29, 0.717) is 0 Å². The zero-order chi connectivity index (χ0) is 12.0. The summed E-state index contributed by atoms with van der Waals surface area (Å²) in [6.07, 6.45) is 7.63. The Morgan fingerprint density at radius 1 is 1.31 bits per heavy atom. The second-order valence-electron chi connectivity index (χ2n) is 4.31. The molecule has 0 fully saturated rings. The van der Waals surface area contributed by atoms with Crippen LogP contribution < -0.4 is 5.32 Å². The van der Waals surface area contributed by atoms with Gasteiger partial charge in [-0.15, -0.1) is 6.42 Å². The number of aryl methyl sites for hydroxylation is 2. The Labute approximate surface area is 99.3 Å². The Morgan fingerprint density at radius 2 is 2.06 bits per heavy atom. The molecule has 86 valence electrons. The predicted molar refractivity (Wildman–Crippen MR) is 70.3 cm³/mol. The van der Waals surface area contributed by atoms with Gasteiger partial charge in [0, 0.05) is 6.54 Å². The Kier molecular flexibility index (Phi) is 5.08. The normalized spacial score (nSPS) is 12.1. The van der Waals surface area contributed by atoms with Crippen LogP contribution in [0, 0.1) is 26.2 Å². The summed E-state index contributed by atoms with van der Waals surface area (Å²) in [5, 5.41) is 3.40. The molecule has 0 aliphatic heterocycles. The summed E-state index contributed by atoms with van der Waals surface area (Å²) in [5.41, 5.74) is 3.98. The van der Waals surface area contributed by atoms with Crippen molar-refractivity contribution >= 4 is 0 Å². The number of nitrogens with one attached hydrogen (secondary N) is 1. The number of terminal acetylenes is 1. The second-order valence-corrected chi connectivity index (χ2v) is 4.31. The third-order valence-electron chi connectivity index (χ3n) is 2.90. The van der Waals surface area contributed by atoms with E-state index in [9.17, 15) is 0 Å². The summed E-state index contributed by atoms with van der Waals surface area (Å²) >= 11 is 0. The summed E-state index contributed by atoms with van der Waals surface area (Å²) in [6.45, 7) is 7.29. The van der Waals surface area contributed by atoms with Crippen molar-refractivity contribution in [2.24, 2.45) is 0 Å². The molecule has 1 rings (SSSR count). The molecule has 1 atom stereocenters. The first kappa shape index (κ1) is 12.8. The standard InChI is InChI=1S/C15H21N/c1-5-7-15(6-2)16-11-14-9-8-12(3)13(4)10-14/h2,8-10,15-16H,5,7,11H2,1,3-4H3. The average Bonchev–Trinajstić information content (AvgIpc) is 2.28. The minimum absolute atomic E-state index is 0.201. The van der Waals surface area contributed by atoms with Gasteiger partial charge in [0.05, 0.1) is 6.04 Å². The Hall–Kier alpha value is -1.26. The molecule has 0 aliphatic carbocycles. The summed E-state index contributed by atoms with van der Waals surface area (Å²) < 4.78 is 0. The van der Waals surface area contributed by atoms with Crippen molar-refractivity contribution in [1.29, 1.82) is 0 Å². The molecule has 1 heteroatoms. The highest BCUT2D eigenvalue weighted by Gasteiger charge is 2.03. The van der Waals surface area contributed by atoms with Crippen molar-refractivity contribution in [1.82, 2.24) is 5.32 Å². The van der Waals surface area contributed by atoms with Gasteiger partial charge in [0.25, 0.3) is 0 Å². The SMILES string of the molecule is C#CC(CCC)NCc1ccc(C)c(C)c1. The van der Waals surface area contributed by atoms with Gasteiger partial charge in [-0.05, 0) is 37.0 Å². The molecule has 0 spiro atoms. The highest BCUT2D eigenvalue weighted by atomic mass is 14.9. The third kappa shape index (κ3) is 3.72. The molecule has 16 heavy (non-hydrogen) atoms. The van der Waals surface area contributed by atoms with Crippen LogP contribution in [0.25, 0.3) is 0 Å². The summed E-state index contributed by atoms with van der Waals surface area (Å²) in [7, 11) is 0. The van der Waals surface area contributed by atoms with E-state index in [0.717, 1.165) is 19.4 Å². The highest BCUT2D eigenvalue weighted by Crippen LogP contribution is 2.10. The summed E-state index contributed by atoms with van der Waals surface area (Å²) in [4.78, 5) is 0. The first-order chi connectivity index (χ1) is 7.67. The molecule has 0 aliphatic rings. The van der Waals surface area contributed by atoms with Crippen LogP contribution >= 0.6 is 0 Å². The average molecular weight is 215 g/mol. The van der Waals surface area contributed by atoms with E-state index in [1.807, 2.05) is 0 Å². The largest absolute Gasteiger partial charge is 0.300 e. The topological polar surface area (TPSA) is 12.0 Å². The Bertz CT molecular complexity index is 374. The van der Waals surface area contributed by atoms with Gasteiger partial charge in [0.15, 0.2) is 0 Å². The van der Waals surface area contributed by atoms with E-state index in [2.05, 4.69) is 50.2 Å². The van der Waals surface area contributed by atoms with Crippen LogP contribution in [-0.2, 0) is 6.54 Å². The minimum Gasteiger partial charge on any atom is -0.300 e. The van der Waals surface area contributed by atoms with Crippen LogP contribution in [0.1, 0.15) is 36.5 Å². The maximum Gasteiger partial charge on any atom is 0.0689 e. The van der Waals surface area contributed by atoms with Crippen molar-refractivity contribution in [2.75, 3.05) is 0 Å². The van der Waals surface area contributed by atoms with E-state index >= 15 is 0 Å². The minimum atomic E-state index is 0.201. The Balaban J connectivity index is 2.54. The number of rotatable bonds is 5. The molecule has 1 aromatic rings. The van der Waals surface area contributed by atoms with E-state index in [4.69, 9.17) is 6.42 Å². The quantitative estimate of drug-likeness (QED) is 0.744. The molecule has 0 amide bonds. The lowest BCUT2D eigenvalue weighted by Gasteiger charge is -2.12. The lowest BCUT2D eigenvalue weighted by molar-refractivity contribution is 0.563. The smallest absolute Gasteiger partial charge is 0.0689 e. The molecule has 1 N–H and O–H groups in total. The van der Waals surface area contributed by atoms with Gasteiger partial charge in [0.2, 0.25) is 0 Å². The van der Waals surface area contributed by atoms with Gasteiger partial charge < -0.3 is 0 Å². The van der Waals surface area contributed by atoms with Crippen LogP contribution in [0.5, 0.6) is 0 Å². The van der Waals surface area contributed by atoms with Gasteiger partial charge in [0.1, 0.15) is 0 Å². The van der Waals surface area contributed by atoms with Gasteiger partial charge >= 0.3 is 0 Å². The third-order valence-corrected chi connectivity index (χ3v) is 2.90. The molecule has 0 saturated carbocycles. The van der Waals surface area contributed by atoms with Crippen molar-refractivity contribution in [3.8, 4) is 12.3 Å². The molecular weight excluding hydrogens is 194 g/mol. The van der Waals surface area contributed by atoms with E-state index < -0.39 is 0 Å². The molecule has 0 heterocycles. The van der Waals surface area contributed by atoms with Gasteiger partial charge in [-0.3, -0.25) is 5.32 Å². The maximum absolute atomic E-state index is 5.46. The van der Waals surface area contributed by atoms with Crippen LogP contribution in [0.15, 0.2) is 18.2 Å². The lowest BCUT2D eigenvalue weighted by atomic mass is 10.1. The number of hydrogen-bond acceptors (Lipinski definition) is 1. The van der Waals surface area contributed by atoms with E-state index in [1.165, 1.54) is 16.7 Å². The molecule has 0 radical (unpaired) electrons. The van der Waals surface area contributed by atoms with E-state index in [-0.39, 0.29) is 6.04 Å². The first-order valence-electron chi connectivity index (χ1n) is 5.93. The molecule has 1 aromatic carbocycles. The van der Waals surface area contributed by atoms with Crippen LogP contribution in [0.2, 0.25) is 0 Å². The first-order valence-corrected chi connectivity index (χ1v) is 5.93. The van der Waals surface area contributed by atoms with Crippen LogP contribution in [-0.4, -0.2) is 6.04 Å². The van der Waals surface area contributed by atoms with Crippen molar-refractivity contribution in [2.45, 2.75) is 46.2 Å². The summed E-state index contributed by atoms with van der Waals surface area (Å²) in [6, 6.07) is 6.75. The van der Waals surface area contributed by atoms with Gasteiger partial charge in [-0.1, -0.05) is 37.5 Å². The zero-order valence-corrected chi connectivity index (χ0v) is 10.5.